The van der Waals surface area contributed by atoms with Crippen molar-refractivity contribution in [2.45, 2.75) is 44.2 Å². The Bertz CT molecular complexity index is 1530. The van der Waals surface area contributed by atoms with Crippen molar-refractivity contribution < 1.29 is 18.3 Å². The van der Waals surface area contributed by atoms with Crippen LogP contribution in [0.4, 0.5) is 19.4 Å². The lowest BCUT2D eigenvalue weighted by atomic mass is 9.94. The fraction of sp³-hybridized carbons (Fsp3) is 0.481. The van der Waals surface area contributed by atoms with E-state index in [0.29, 0.717) is 50.0 Å². The number of hydrogen-bond acceptors (Lipinski definition) is 7. The highest BCUT2D eigenvalue weighted by molar-refractivity contribution is 9.10. The van der Waals surface area contributed by atoms with Gasteiger partial charge in [0, 0.05) is 50.9 Å². The van der Waals surface area contributed by atoms with Crippen LogP contribution in [0.1, 0.15) is 36.9 Å². The molecule has 1 unspecified atom stereocenters. The zero-order chi connectivity index (χ0) is 28.2. The SMILES string of the molecule is CN(C)C(=O)n1cc2c(n1)CCCN(c1nc(OCC34CCCN3C/C(=C\F)C4)nc3c(F)c(Br)c(Cl)cc13)C2. The van der Waals surface area contributed by atoms with Gasteiger partial charge in [-0.2, -0.15) is 19.7 Å². The minimum atomic E-state index is -0.597. The number of hydrogen-bond donors (Lipinski definition) is 0. The van der Waals surface area contributed by atoms with Crippen molar-refractivity contribution in [1.29, 1.82) is 0 Å². The van der Waals surface area contributed by atoms with Crippen LogP contribution in [0.25, 0.3) is 10.9 Å². The van der Waals surface area contributed by atoms with Gasteiger partial charge in [-0.3, -0.25) is 4.90 Å². The fourth-order valence-electron chi connectivity index (χ4n) is 6.09. The Morgan fingerprint density at radius 1 is 1.27 bits per heavy atom. The summed E-state index contributed by atoms with van der Waals surface area (Å²) in [6, 6.07) is 1.47. The monoisotopic (exact) mass is 635 g/mol. The number of carbonyl (C=O) groups is 1. The van der Waals surface area contributed by atoms with Crippen LogP contribution < -0.4 is 9.64 Å². The van der Waals surface area contributed by atoms with Crippen molar-refractivity contribution in [3.8, 4) is 6.01 Å². The average molecular weight is 637 g/mol. The van der Waals surface area contributed by atoms with Crippen molar-refractivity contribution in [1.82, 2.24) is 29.5 Å². The second-order valence-electron chi connectivity index (χ2n) is 10.9. The molecule has 212 valence electrons. The standard InChI is InChI=1S/C27H29BrClF2N7O2/c1-35(2)26(39)38-14-17-13-36(7-3-5-20(17)34-38)24-18-9-19(29)21(28)22(31)23(18)32-25(33-24)40-15-27-6-4-8-37(27)12-16(10-27)11-30/h9,11,14H,3-8,10,12-13,15H2,1-2H3/b16-11-. The zero-order valence-corrected chi connectivity index (χ0v) is 24.6. The normalized spacial score (nSPS) is 22.1. The first-order valence-corrected chi connectivity index (χ1v) is 14.4. The third-order valence-corrected chi connectivity index (χ3v) is 9.36. The maximum atomic E-state index is 15.5. The van der Waals surface area contributed by atoms with E-state index < -0.39 is 5.82 Å². The molecule has 3 aliphatic heterocycles. The Morgan fingerprint density at radius 3 is 2.88 bits per heavy atom. The van der Waals surface area contributed by atoms with Crippen molar-refractivity contribution >= 4 is 50.3 Å². The minimum Gasteiger partial charge on any atom is -0.461 e. The number of halogens is 4. The molecule has 0 aliphatic carbocycles. The molecule has 40 heavy (non-hydrogen) atoms. The van der Waals surface area contributed by atoms with E-state index in [9.17, 15) is 9.18 Å². The van der Waals surface area contributed by atoms with Gasteiger partial charge in [-0.15, -0.1) is 0 Å². The predicted molar refractivity (Wildman–Crippen MR) is 151 cm³/mol. The molecule has 13 heteroatoms. The van der Waals surface area contributed by atoms with Gasteiger partial charge >= 0.3 is 12.0 Å². The molecule has 0 saturated carbocycles. The second kappa shape index (κ2) is 10.5. The number of ether oxygens (including phenoxy) is 1. The highest BCUT2D eigenvalue weighted by Gasteiger charge is 2.47. The molecular formula is C27H29BrClF2N7O2. The summed E-state index contributed by atoms with van der Waals surface area (Å²) >= 11 is 9.60. The Hall–Kier alpha value is -2.83. The summed E-state index contributed by atoms with van der Waals surface area (Å²) in [5.74, 6) is -0.107. The van der Waals surface area contributed by atoms with Crippen LogP contribution in [0.3, 0.4) is 0 Å². The molecule has 2 saturated heterocycles. The largest absolute Gasteiger partial charge is 0.461 e. The summed E-state index contributed by atoms with van der Waals surface area (Å²) in [6.45, 7) is 2.78. The first-order chi connectivity index (χ1) is 19.2. The van der Waals surface area contributed by atoms with Gasteiger partial charge in [0.05, 0.1) is 27.1 Å². The van der Waals surface area contributed by atoms with E-state index >= 15 is 4.39 Å². The van der Waals surface area contributed by atoms with E-state index in [0.717, 1.165) is 42.6 Å². The summed E-state index contributed by atoms with van der Waals surface area (Å²) in [4.78, 5) is 27.5. The molecule has 5 heterocycles. The molecule has 1 atom stereocenters. The number of nitrogens with zero attached hydrogens (tertiary/aromatic N) is 7. The Kier molecular flexibility index (Phi) is 7.20. The van der Waals surface area contributed by atoms with E-state index in [1.807, 2.05) is 4.90 Å². The fourth-order valence-corrected chi connectivity index (χ4v) is 6.58. The smallest absolute Gasteiger partial charge is 0.344 e. The van der Waals surface area contributed by atoms with Crippen LogP contribution in [0.5, 0.6) is 6.01 Å². The molecule has 0 N–H and O–H groups in total. The van der Waals surface area contributed by atoms with E-state index in [1.165, 1.54) is 9.58 Å². The Labute approximate surface area is 243 Å². The third kappa shape index (κ3) is 4.73. The topological polar surface area (TPSA) is 79.6 Å². The Balaban J connectivity index is 1.37. The molecule has 3 aliphatic rings. The van der Waals surface area contributed by atoms with Crippen molar-refractivity contribution in [3.05, 3.63) is 50.7 Å². The molecule has 3 aromatic rings. The molecular weight excluding hydrogens is 608 g/mol. The number of amides is 1. The van der Waals surface area contributed by atoms with Crippen molar-refractivity contribution in [2.24, 2.45) is 0 Å². The molecule has 6 rings (SSSR count). The van der Waals surface area contributed by atoms with Crippen molar-refractivity contribution in [2.75, 3.05) is 45.2 Å². The van der Waals surface area contributed by atoms with Gasteiger partial charge < -0.3 is 14.5 Å². The van der Waals surface area contributed by atoms with E-state index in [1.54, 1.807) is 26.4 Å². The molecule has 0 bridgehead atoms. The lowest BCUT2D eigenvalue weighted by Crippen LogP contribution is -2.43. The van der Waals surface area contributed by atoms with Gasteiger partial charge in [-0.25, -0.2) is 13.6 Å². The number of carbonyl (C=O) groups excluding carboxylic acids is 1. The summed E-state index contributed by atoms with van der Waals surface area (Å²) in [5, 5.41) is 5.18. The maximum absolute atomic E-state index is 15.5. The Morgan fingerprint density at radius 2 is 2.10 bits per heavy atom. The zero-order valence-electron chi connectivity index (χ0n) is 22.3. The molecule has 2 fully saturated rings. The molecule has 0 radical (unpaired) electrons. The van der Waals surface area contributed by atoms with Gasteiger partial charge in [0.25, 0.3) is 0 Å². The first-order valence-electron chi connectivity index (χ1n) is 13.2. The van der Waals surface area contributed by atoms with E-state index in [2.05, 4.69) is 30.9 Å². The van der Waals surface area contributed by atoms with Crippen LogP contribution in [0, 0.1) is 5.82 Å². The van der Waals surface area contributed by atoms with Gasteiger partial charge in [-0.1, -0.05) is 11.6 Å². The molecule has 0 spiro atoms. The molecule has 9 nitrogen and oxygen atoms in total. The van der Waals surface area contributed by atoms with E-state index in [-0.39, 0.29) is 39.2 Å². The summed E-state index contributed by atoms with van der Waals surface area (Å²) in [6.07, 6.45) is 6.36. The van der Waals surface area contributed by atoms with Gasteiger partial charge in [0.1, 0.15) is 17.9 Å². The average Bonchev–Trinajstić information content (AvgIpc) is 3.58. The van der Waals surface area contributed by atoms with Crippen LogP contribution in [-0.4, -0.2) is 81.5 Å². The quantitative estimate of drug-likeness (QED) is 0.358. The van der Waals surface area contributed by atoms with E-state index in [4.69, 9.17) is 21.3 Å². The van der Waals surface area contributed by atoms with Crippen molar-refractivity contribution in [3.63, 3.8) is 0 Å². The van der Waals surface area contributed by atoms with Gasteiger partial charge in [-0.05, 0) is 66.2 Å². The van der Waals surface area contributed by atoms with Crippen LogP contribution in [0.2, 0.25) is 5.02 Å². The molecule has 1 amide bonds. The number of fused-ring (bicyclic) bond motifs is 3. The summed E-state index contributed by atoms with van der Waals surface area (Å²) < 4.78 is 36.5. The second-order valence-corrected chi connectivity index (χ2v) is 12.1. The number of rotatable bonds is 4. The highest BCUT2D eigenvalue weighted by Crippen LogP contribution is 2.42. The number of benzene rings is 1. The highest BCUT2D eigenvalue weighted by atomic mass is 79.9. The summed E-state index contributed by atoms with van der Waals surface area (Å²) in [5.41, 5.74) is 2.26. The van der Waals surface area contributed by atoms with Crippen LogP contribution in [0.15, 0.2) is 28.6 Å². The third-order valence-electron chi connectivity index (χ3n) is 8.06. The van der Waals surface area contributed by atoms with Gasteiger partial charge in [0.2, 0.25) is 0 Å². The van der Waals surface area contributed by atoms with Crippen LogP contribution in [-0.2, 0) is 13.0 Å². The number of aromatic nitrogens is 4. The predicted octanol–water partition coefficient (Wildman–Crippen LogP) is 5.33. The molecule has 1 aromatic carbocycles. The van der Waals surface area contributed by atoms with Gasteiger partial charge in [0.15, 0.2) is 5.82 Å². The van der Waals surface area contributed by atoms with Crippen LogP contribution >= 0.6 is 27.5 Å². The summed E-state index contributed by atoms with van der Waals surface area (Å²) in [7, 11) is 3.36. The molecule has 2 aromatic heterocycles. The first kappa shape index (κ1) is 27.3. The number of anilines is 1. The lowest BCUT2D eigenvalue weighted by molar-refractivity contribution is 0.108. The minimum absolute atomic E-state index is 0.0532. The lowest BCUT2D eigenvalue weighted by Gasteiger charge is -2.31. The maximum Gasteiger partial charge on any atom is 0.344 e. The number of aryl methyl sites for hydroxylation is 1.